The van der Waals surface area contributed by atoms with Crippen molar-refractivity contribution in [1.29, 1.82) is 0 Å². The number of fused-ring (bicyclic) bond motifs is 1. The number of benzene rings is 2. The van der Waals surface area contributed by atoms with Crippen LogP contribution in [0.1, 0.15) is 21.5 Å². The van der Waals surface area contributed by atoms with Crippen LogP contribution in [0.4, 0.5) is 5.69 Å². The highest BCUT2D eigenvalue weighted by molar-refractivity contribution is 14.1. The van der Waals surface area contributed by atoms with Gasteiger partial charge in [0.2, 0.25) is 0 Å². The van der Waals surface area contributed by atoms with E-state index in [1.165, 1.54) is 11.1 Å². The van der Waals surface area contributed by atoms with Crippen molar-refractivity contribution in [1.82, 2.24) is 5.32 Å². The Bertz CT molecular complexity index is 688. The maximum atomic E-state index is 12.3. The minimum Gasteiger partial charge on any atom is -0.321 e. The van der Waals surface area contributed by atoms with Crippen molar-refractivity contribution < 1.29 is 4.79 Å². The van der Waals surface area contributed by atoms with Gasteiger partial charge in [-0.25, -0.2) is 0 Å². The molecule has 1 amide bonds. The Morgan fingerprint density at radius 1 is 1.15 bits per heavy atom. The molecule has 2 N–H and O–H groups in total. The topological polar surface area (TPSA) is 41.1 Å². The van der Waals surface area contributed by atoms with Gasteiger partial charge < -0.3 is 10.6 Å². The summed E-state index contributed by atoms with van der Waals surface area (Å²) in [6.07, 6.45) is 0. The smallest absolute Gasteiger partial charge is 0.255 e. The second-order valence-corrected chi connectivity index (χ2v) is 6.32. The van der Waals surface area contributed by atoms with Crippen molar-refractivity contribution in [3.63, 3.8) is 0 Å². The number of hydrogen-bond acceptors (Lipinski definition) is 2. The molecule has 0 radical (unpaired) electrons. The Morgan fingerprint density at radius 3 is 2.75 bits per heavy atom. The molecule has 3 rings (SSSR count). The second kappa shape index (κ2) is 5.71. The number of carbonyl (C=O) groups excluding carboxylic acids is 1. The van der Waals surface area contributed by atoms with Crippen LogP contribution in [0.25, 0.3) is 0 Å². The van der Waals surface area contributed by atoms with Gasteiger partial charge in [0.15, 0.2) is 0 Å². The van der Waals surface area contributed by atoms with Crippen LogP contribution in [0.15, 0.2) is 36.4 Å². The molecule has 0 aliphatic carbocycles. The summed E-state index contributed by atoms with van der Waals surface area (Å²) in [5.41, 5.74) is 3.73. The monoisotopic (exact) mass is 398 g/mol. The largest absolute Gasteiger partial charge is 0.321 e. The maximum absolute atomic E-state index is 12.3. The second-order valence-electron chi connectivity index (χ2n) is 4.67. The van der Waals surface area contributed by atoms with Crippen molar-refractivity contribution in [3.05, 3.63) is 61.7 Å². The van der Waals surface area contributed by atoms with Crippen LogP contribution in [-0.4, -0.2) is 5.91 Å². The van der Waals surface area contributed by atoms with Crippen LogP contribution < -0.4 is 10.6 Å². The lowest BCUT2D eigenvalue weighted by Crippen LogP contribution is -2.12. The normalized spacial score (nSPS) is 13.1. The summed E-state index contributed by atoms with van der Waals surface area (Å²) in [6, 6.07) is 11.3. The van der Waals surface area contributed by atoms with Gasteiger partial charge in [-0.1, -0.05) is 17.7 Å². The standard InChI is InChI=1S/C15H12ClIN2O/c16-13-6-12(17)3-4-14(13)19-15(20)9-1-2-10-7-18-8-11(10)5-9/h1-6,18H,7-8H2,(H,19,20). The van der Waals surface area contributed by atoms with E-state index >= 15 is 0 Å². The van der Waals surface area contributed by atoms with E-state index in [2.05, 4.69) is 33.2 Å². The molecular formula is C15H12ClIN2O. The van der Waals surface area contributed by atoms with Crippen LogP contribution in [0.5, 0.6) is 0 Å². The fourth-order valence-electron chi connectivity index (χ4n) is 2.22. The maximum Gasteiger partial charge on any atom is 0.255 e. The molecule has 0 atom stereocenters. The molecule has 2 aromatic rings. The van der Waals surface area contributed by atoms with E-state index in [4.69, 9.17) is 11.6 Å². The molecule has 1 aliphatic rings. The lowest BCUT2D eigenvalue weighted by Gasteiger charge is -2.08. The van der Waals surface area contributed by atoms with Crippen molar-refractivity contribution >= 4 is 45.8 Å². The number of anilines is 1. The van der Waals surface area contributed by atoms with Gasteiger partial charge in [-0.2, -0.15) is 0 Å². The van der Waals surface area contributed by atoms with E-state index in [-0.39, 0.29) is 5.91 Å². The summed E-state index contributed by atoms with van der Waals surface area (Å²) < 4.78 is 1.04. The fraction of sp³-hybridized carbons (Fsp3) is 0.133. The number of rotatable bonds is 2. The van der Waals surface area contributed by atoms with Gasteiger partial charge in [0.05, 0.1) is 10.7 Å². The van der Waals surface area contributed by atoms with Crippen LogP contribution in [0.3, 0.4) is 0 Å². The number of hydrogen-bond donors (Lipinski definition) is 2. The van der Waals surface area contributed by atoms with Gasteiger partial charge in [-0.3, -0.25) is 4.79 Å². The summed E-state index contributed by atoms with van der Waals surface area (Å²) in [4.78, 5) is 12.3. The first-order valence-corrected chi connectivity index (χ1v) is 7.68. The highest BCUT2D eigenvalue weighted by atomic mass is 127. The first kappa shape index (κ1) is 13.9. The summed E-state index contributed by atoms with van der Waals surface area (Å²) in [7, 11) is 0. The van der Waals surface area contributed by atoms with Crippen LogP contribution in [0.2, 0.25) is 5.02 Å². The fourth-order valence-corrected chi connectivity index (χ4v) is 3.12. The molecule has 3 nitrogen and oxygen atoms in total. The molecule has 5 heteroatoms. The lowest BCUT2D eigenvalue weighted by atomic mass is 10.1. The molecule has 0 unspecified atom stereocenters. The van der Waals surface area contributed by atoms with Gasteiger partial charge in [0.25, 0.3) is 5.91 Å². The minimum absolute atomic E-state index is 0.136. The molecule has 0 saturated carbocycles. The third-order valence-corrected chi connectivity index (χ3v) is 4.26. The molecule has 0 aromatic heterocycles. The molecule has 0 saturated heterocycles. The zero-order valence-electron chi connectivity index (χ0n) is 10.5. The van der Waals surface area contributed by atoms with Crippen molar-refractivity contribution in [3.8, 4) is 0 Å². The summed E-state index contributed by atoms with van der Waals surface area (Å²) in [5, 5.41) is 6.66. The molecule has 0 fully saturated rings. The summed E-state index contributed by atoms with van der Waals surface area (Å²) >= 11 is 8.31. The third-order valence-electron chi connectivity index (χ3n) is 3.28. The average molecular weight is 399 g/mol. The Balaban J connectivity index is 1.82. The predicted molar refractivity (Wildman–Crippen MR) is 89.1 cm³/mol. The number of carbonyl (C=O) groups is 1. The molecule has 0 bridgehead atoms. The van der Waals surface area contributed by atoms with Gasteiger partial charge in [0, 0.05) is 22.2 Å². The molecule has 20 heavy (non-hydrogen) atoms. The molecule has 2 aromatic carbocycles. The Kier molecular flexibility index (Phi) is 3.96. The van der Waals surface area contributed by atoms with E-state index in [9.17, 15) is 4.79 Å². The van der Waals surface area contributed by atoms with Crippen molar-refractivity contribution in [2.45, 2.75) is 13.1 Å². The summed E-state index contributed by atoms with van der Waals surface area (Å²) in [5.74, 6) is -0.136. The Morgan fingerprint density at radius 2 is 1.95 bits per heavy atom. The highest BCUT2D eigenvalue weighted by Crippen LogP contribution is 2.25. The predicted octanol–water partition coefficient (Wildman–Crippen LogP) is 3.80. The van der Waals surface area contributed by atoms with E-state index in [0.29, 0.717) is 16.3 Å². The van der Waals surface area contributed by atoms with Crippen molar-refractivity contribution in [2.24, 2.45) is 0 Å². The van der Waals surface area contributed by atoms with Gasteiger partial charge >= 0.3 is 0 Å². The molecule has 1 aliphatic heterocycles. The first-order valence-electron chi connectivity index (χ1n) is 6.22. The van der Waals surface area contributed by atoms with Crippen LogP contribution >= 0.6 is 34.2 Å². The van der Waals surface area contributed by atoms with Crippen molar-refractivity contribution in [2.75, 3.05) is 5.32 Å². The van der Waals surface area contributed by atoms with Crippen LogP contribution in [-0.2, 0) is 13.1 Å². The minimum atomic E-state index is -0.136. The van der Waals surface area contributed by atoms with E-state index in [1.807, 2.05) is 36.4 Å². The lowest BCUT2D eigenvalue weighted by molar-refractivity contribution is 0.102. The zero-order valence-corrected chi connectivity index (χ0v) is 13.5. The highest BCUT2D eigenvalue weighted by Gasteiger charge is 2.14. The Labute approximate surface area is 135 Å². The number of halogens is 2. The number of amides is 1. The van der Waals surface area contributed by atoms with Gasteiger partial charge in [-0.15, -0.1) is 0 Å². The Hall–Kier alpha value is -1.11. The van der Waals surface area contributed by atoms with Crippen LogP contribution in [0, 0.1) is 3.57 Å². The van der Waals surface area contributed by atoms with E-state index in [1.54, 1.807) is 0 Å². The van der Waals surface area contributed by atoms with E-state index in [0.717, 1.165) is 16.7 Å². The molecule has 0 spiro atoms. The third kappa shape index (κ3) is 2.82. The van der Waals surface area contributed by atoms with Gasteiger partial charge in [0.1, 0.15) is 0 Å². The van der Waals surface area contributed by atoms with Gasteiger partial charge in [-0.05, 0) is 64.0 Å². The molecular weight excluding hydrogens is 387 g/mol. The zero-order chi connectivity index (χ0) is 14.1. The summed E-state index contributed by atoms with van der Waals surface area (Å²) in [6.45, 7) is 1.70. The molecule has 102 valence electrons. The number of nitrogens with one attached hydrogen (secondary N) is 2. The average Bonchev–Trinajstić information content (AvgIpc) is 2.89. The SMILES string of the molecule is O=C(Nc1ccc(I)cc1Cl)c1ccc2c(c1)CNC2. The first-order chi connectivity index (χ1) is 9.63. The van der Waals surface area contributed by atoms with E-state index < -0.39 is 0 Å². The molecule has 1 heterocycles. The quantitative estimate of drug-likeness (QED) is 0.756.